The fourth-order valence-corrected chi connectivity index (χ4v) is 3.59. The van der Waals surface area contributed by atoms with Gasteiger partial charge in [-0.25, -0.2) is 9.69 Å². The summed E-state index contributed by atoms with van der Waals surface area (Å²) in [7, 11) is 2.95. The third-order valence-corrected chi connectivity index (χ3v) is 5.47. The van der Waals surface area contributed by atoms with Crippen LogP contribution in [0.2, 0.25) is 0 Å². The quantitative estimate of drug-likeness (QED) is 0.212. The molecule has 0 spiro atoms. The summed E-state index contributed by atoms with van der Waals surface area (Å²) < 4.78 is 16.2. The average Bonchev–Trinajstić information content (AvgIpc) is 2.90. The molecule has 1 saturated heterocycles. The lowest BCUT2D eigenvalue weighted by Gasteiger charge is -2.26. The first kappa shape index (κ1) is 24.9. The highest BCUT2D eigenvalue weighted by Gasteiger charge is 2.37. The first-order valence-electron chi connectivity index (χ1n) is 10.9. The summed E-state index contributed by atoms with van der Waals surface area (Å²) in [6.45, 7) is -0.0262. The molecule has 4 amide bonds. The van der Waals surface area contributed by atoms with E-state index in [4.69, 9.17) is 14.2 Å². The van der Waals surface area contributed by atoms with Crippen molar-refractivity contribution in [2.75, 3.05) is 19.1 Å². The smallest absolute Gasteiger partial charge is 0.335 e. The molecule has 1 heterocycles. The van der Waals surface area contributed by atoms with Crippen molar-refractivity contribution in [3.05, 3.63) is 93.5 Å². The van der Waals surface area contributed by atoms with Crippen molar-refractivity contribution in [1.29, 1.82) is 0 Å². The Morgan fingerprint density at radius 3 is 2.32 bits per heavy atom. The number of nitro benzene ring substituents is 1. The number of carbonyl (C=O) groups excluding carboxylic acids is 3. The predicted molar refractivity (Wildman–Crippen MR) is 132 cm³/mol. The molecule has 0 bridgehead atoms. The van der Waals surface area contributed by atoms with Gasteiger partial charge in [0.25, 0.3) is 17.5 Å². The van der Waals surface area contributed by atoms with Gasteiger partial charge >= 0.3 is 6.03 Å². The van der Waals surface area contributed by atoms with E-state index in [0.717, 1.165) is 4.90 Å². The van der Waals surface area contributed by atoms with Crippen LogP contribution in [0.1, 0.15) is 11.1 Å². The highest BCUT2D eigenvalue weighted by molar-refractivity contribution is 6.39. The molecule has 11 nitrogen and oxygen atoms in total. The number of anilines is 1. The van der Waals surface area contributed by atoms with Crippen LogP contribution in [0.3, 0.4) is 0 Å². The second kappa shape index (κ2) is 10.6. The number of carbonyl (C=O) groups is 3. The van der Waals surface area contributed by atoms with Gasteiger partial charge in [0.2, 0.25) is 0 Å². The number of nitrogens with one attached hydrogen (secondary N) is 1. The third-order valence-electron chi connectivity index (χ3n) is 5.47. The van der Waals surface area contributed by atoms with Gasteiger partial charge in [-0.15, -0.1) is 0 Å². The van der Waals surface area contributed by atoms with Crippen LogP contribution in [0, 0.1) is 10.1 Å². The van der Waals surface area contributed by atoms with Crippen LogP contribution in [0.15, 0.2) is 72.3 Å². The van der Waals surface area contributed by atoms with E-state index in [0.29, 0.717) is 22.6 Å². The van der Waals surface area contributed by atoms with Crippen molar-refractivity contribution in [3.63, 3.8) is 0 Å². The van der Waals surface area contributed by atoms with E-state index in [1.165, 1.54) is 44.6 Å². The summed E-state index contributed by atoms with van der Waals surface area (Å²) in [5, 5.41) is 13.2. The molecular weight excluding hydrogens is 482 g/mol. The van der Waals surface area contributed by atoms with Crippen molar-refractivity contribution in [2.45, 2.75) is 6.61 Å². The third kappa shape index (κ3) is 5.40. The molecule has 1 N–H and O–H groups in total. The van der Waals surface area contributed by atoms with Crippen molar-refractivity contribution in [3.8, 4) is 17.2 Å². The maximum absolute atomic E-state index is 13.2. The summed E-state index contributed by atoms with van der Waals surface area (Å²) in [5.41, 5.74) is 0.772. The van der Waals surface area contributed by atoms with Crippen LogP contribution in [-0.4, -0.2) is 37.0 Å². The number of non-ortho nitro benzene ring substituents is 1. The minimum absolute atomic E-state index is 0.0262. The Bertz CT molecular complexity index is 1420. The highest BCUT2D eigenvalue weighted by Crippen LogP contribution is 2.30. The largest absolute Gasteiger partial charge is 0.497 e. The minimum Gasteiger partial charge on any atom is -0.497 e. The van der Waals surface area contributed by atoms with Gasteiger partial charge in [0.15, 0.2) is 0 Å². The van der Waals surface area contributed by atoms with Gasteiger partial charge in [-0.1, -0.05) is 12.1 Å². The van der Waals surface area contributed by atoms with Crippen LogP contribution in [-0.2, 0) is 16.2 Å². The van der Waals surface area contributed by atoms with Gasteiger partial charge in [0.1, 0.15) is 29.4 Å². The maximum Gasteiger partial charge on any atom is 0.335 e. The fraction of sp³-hybridized carbons (Fsp3) is 0.115. The number of hydrogen-bond donors (Lipinski definition) is 1. The average molecular weight is 503 g/mol. The molecular formula is C26H21N3O8. The first-order chi connectivity index (χ1) is 17.8. The number of imide groups is 2. The molecule has 0 unspecified atom stereocenters. The number of hydrogen-bond acceptors (Lipinski definition) is 8. The Morgan fingerprint density at radius 1 is 0.946 bits per heavy atom. The van der Waals surface area contributed by atoms with Crippen LogP contribution < -0.4 is 24.4 Å². The number of nitro groups is 1. The lowest BCUT2D eigenvalue weighted by molar-refractivity contribution is -0.384. The van der Waals surface area contributed by atoms with Crippen molar-refractivity contribution >= 4 is 35.3 Å². The summed E-state index contributed by atoms with van der Waals surface area (Å²) >= 11 is 0. The topological polar surface area (TPSA) is 137 Å². The lowest BCUT2D eigenvalue weighted by atomic mass is 10.1. The zero-order valence-corrected chi connectivity index (χ0v) is 19.8. The normalized spacial score (nSPS) is 14.4. The number of methoxy groups -OCH3 is 2. The number of urea groups is 1. The zero-order valence-electron chi connectivity index (χ0n) is 19.8. The standard InChI is InChI=1S/C26H21N3O8/c1-35-20-10-7-18(8-11-20)28-25(31)22(24(30)27-26(28)32)13-17-6-9-21(36-2)14-23(17)37-15-16-4-3-5-19(12-16)29(33)34/h3-14H,15H2,1-2H3,(H,27,30,32)/b22-13+. The van der Waals surface area contributed by atoms with E-state index in [1.54, 1.807) is 42.5 Å². The Labute approximate surface area is 211 Å². The van der Waals surface area contributed by atoms with E-state index < -0.39 is 22.8 Å². The van der Waals surface area contributed by atoms with Crippen molar-refractivity contribution in [2.24, 2.45) is 0 Å². The van der Waals surface area contributed by atoms with E-state index in [1.807, 2.05) is 0 Å². The molecule has 3 aromatic rings. The molecule has 0 aromatic heterocycles. The summed E-state index contributed by atoms with van der Waals surface area (Å²) in [6, 6.07) is 16.0. The molecule has 0 atom stereocenters. The summed E-state index contributed by atoms with van der Waals surface area (Å²) in [4.78, 5) is 49.7. The first-order valence-corrected chi connectivity index (χ1v) is 10.9. The molecule has 0 aliphatic carbocycles. The summed E-state index contributed by atoms with van der Waals surface area (Å²) in [5.74, 6) is -0.443. The maximum atomic E-state index is 13.2. The van der Waals surface area contributed by atoms with Crippen LogP contribution in [0.4, 0.5) is 16.2 Å². The Balaban J connectivity index is 1.66. The van der Waals surface area contributed by atoms with E-state index in [2.05, 4.69) is 5.32 Å². The molecule has 3 aromatic carbocycles. The SMILES string of the molecule is COc1ccc(N2C(=O)NC(=O)/C(=C\c3ccc(OC)cc3OCc3cccc([N+](=O)[O-])c3)C2=O)cc1. The zero-order chi connectivity index (χ0) is 26.5. The Hall–Kier alpha value is -5.19. The molecule has 37 heavy (non-hydrogen) atoms. The second-order valence-corrected chi connectivity index (χ2v) is 7.78. The number of ether oxygens (including phenoxy) is 3. The lowest BCUT2D eigenvalue weighted by Crippen LogP contribution is -2.54. The van der Waals surface area contributed by atoms with E-state index in [-0.39, 0.29) is 29.3 Å². The van der Waals surface area contributed by atoms with Gasteiger partial charge in [-0.2, -0.15) is 0 Å². The minimum atomic E-state index is -0.880. The van der Waals surface area contributed by atoms with Gasteiger partial charge < -0.3 is 14.2 Å². The van der Waals surface area contributed by atoms with Crippen LogP contribution in [0.5, 0.6) is 17.2 Å². The molecule has 11 heteroatoms. The molecule has 1 aliphatic rings. The van der Waals surface area contributed by atoms with Crippen LogP contribution >= 0.6 is 0 Å². The summed E-state index contributed by atoms with van der Waals surface area (Å²) in [6.07, 6.45) is 1.31. The molecule has 0 saturated carbocycles. The second-order valence-electron chi connectivity index (χ2n) is 7.78. The predicted octanol–water partition coefficient (Wildman–Crippen LogP) is 3.86. The molecule has 1 aliphatic heterocycles. The highest BCUT2D eigenvalue weighted by atomic mass is 16.6. The Kier molecular flexibility index (Phi) is 7.14. The van der Waals surface area contributed by atoms with Gasteiger partial charge in [0.05, 0.1) is 24.8 Å². The Morgan fingerprint density at radius 2 is 1.65 bits per heavy atom. The van der Waals surface area contributed by atoms with Crippen molar-refractivity contribution in [1.82, 2.24) is 5.32 Å². The molecule has 1 fully saturated rings. The van der Waals surface area contributed by atoms with E-state index >= 15 is 0 Å². The van der Waals surface area contributed by atoms with Gasteiger partial charge in [-0.3, -0.25) is 25.0 Å². The number of barbiturate groups is 1. The van der Waals surface area contributed by atoms with Gasteiger partial charge in [0, 0.05) is 23.8 Å². The fourth-order valence-electron chi connectivity index (χ4n) is 3.59. The number of nitrogens with zero attached hydrogens (tertiary/aromatic N) is 2. The monoisotopic (exact) mass is 503 g/mol. The molecule has 0 radical (unpaired) electrons. The number of rotatable bonds is 8. The van der Waals surface area contributed by atoms with Gasteiger partial charge in [-0.05, 0) is 48.0 Å². The number of benzene rings is 3. The van der Waals surface area contributed by atoms with Crippen molar-refractivity contribution < 1.29 is 33.5 Å². The van der Waals surface area contributed by atoms with E-state index in [9.17, 15) is 24.5 Å². The van der Waals surface area contributed by atoms with Crippen LogP contribution in [0.25, 0.3) is 6.08 Å². The molecule has 4 rings (SSSR count). The molecule has 188 valence electrons. The number of amides is 4.